The van der Waals surface area contributed by atoms with Crippen LogP contribution in [0.3, 0.4) is 0 Å². The minimum absolute atomic E-state index is 0.00224. The largest absolute Gasteiger partial charge is 0.510 e. The third-order valence-electron chi connectivity index (χ3n) is 8.58. The van der Waals surface area contributed by atoms with Crippen molar-refractivity contribution in [2.45, 2.75) is 30.9 Å². The van der Waals surface area contributed by atoms with E-state index in [4.69, 9.17) is 10.5 Å². The van der Waals surface area contributed by atoms with E-state index in [1.807, 2.05) is 0 Å². The van der Waals surface area contributed by atoms with Crippen LogP contribution in [0.4, 0.5) is 0 Å². The van der Waals surface area contributed by atoms with E-state index in [9.17, 15) is 39.9 Å². The van der Waals surface area contributed by atoms with Gasteiger partial charge in [-0.05, 0) is 62.5 Å². The lowest BCUT2D eigenvalue weighted by Gasteiger charge is -2.50. The van der Waals surface area contributed by atoms with Crippen molar-refractivity contribution in [1.82, 2.24) is 4.90 Å². The van der Waals surface area contributed by atoms with Crippen molar-refractivity contribution >= 4 is 23.5 Å². The smallest absolute Gasteiger partial charge is 0.255 e. The fourth-order valence-corrected chi connectivity index (χ4v) is 6.64. The van der Waals surface area contributed by atoms with Crippen LogP contribution in [0.15, 0.2) is 59.1 Å². The number of para-hydroxylation sites is 1. The predicted octanol–water partition coefficient (Wildman–Crippen LogP) is 2.09. The Kier molecular flexibility index (Phi) is 7.12. The number of nitrogens with zero attached hydrogens (tertiary/aromatic N) is 1. The molecule has 1 amide bonds. The number of primary amides is 1. The van der Waals surface area contributed by atoms with E-state index in [1.54, 1.807) is 50.5 Å². The van der Waals surface area contributed by atoms with E-state index >= 15 is 0 Å². The number of nitrogens with two attached hydrogens (primary N) is 1. The van der Waals surface area contributed by atoms with Crippen molar-refractivity contribution in [1.29, 1.82) is 0 Å². The van der Waals surface area contributed by atoms with Gasteiger partial charge in [-0.2, -0.15) is 0 Å². The maximum absolute atomic E-state index is 13.8. The molecule has 0 aromatic heterocycles. The Morgan fingerprint density at radius 1 is 1.14 bits per heavy atom. The monoisotopic (exact) mass is 576 g/mol. The van der Waals surface area contributed by atoms with Gasteiger partial charge in [0.05, 0.1) is 18.7 Å². The number of ketones is 2. The van der Waals surface area contributed by atoms with Gasteiger partial charge in [-0.1, -0.05) is 30.4 Å². The van der Waals surface area contributed by atoms with Gasteiger partial charge in [-0.15, -0.1) is 0 Å². The number of aliphatic hydroxyl groups is 3. The number of aliphatic hydroxyl groups excluding tert-OH is 2. The van der Waals surface area contributed by atoms with Crippen molar-refractivity contribution < 1.29 is 44.7 Å². The van der Waals surface area contributed by atoms with E-state index in [0.29, 0.717) is 28.9 Å². The van der Waals surface area contributed by atoms with Gasteiger partial charge in [0.1, 0.15) is 22.8 Å². The van der Waals surface area contributed by atoms with Crippen LogP contribution in [-0.4, -0.2) is 80.8 Å². The van der Waals surface area contributed by atoms with E-state index in [-0.39, 0.29) is 35.5 Å². The molecule has 2 aromatic carbocycles. The minimum Gasteiger partial charge on any atom is -0.510 e. The quantitative estimate of drug-likeness (QED) is 0.278. The van der Waals surface area contributed by atoms with Crippen LogP contribution in [0.25, 0.3) is 6.08 Å². The molecule has 0 heterocycles. The Hall–Kier alpha value is -4.61. The van der Waals surface area contributed by atoms with Crippen LogP contribution in [0.5, 0.6) is 17.2 Å². The average molecular weight is 577 g/mol. The van der Waals surface area contributed by atoms with Crippen LogP contribution < -0.4 is 10.5 Å². The number of fused-ring (bicyclic) bond motifs is 3. The minimum atomic E-state index is -2.68. The van der Waals surface area contributed by atoms with Crippen molar-refractivity contribution in [3.63, 3.8) is 0 Å². The zero-order chi connectivity index (χ0) is 30.7. The second kappa shape index (κ2) is 10.3. The molecule has 4 atom stereocenters. The number of Topliss-reactive ketones (excluding diaryl/α,β-unsaturated/α-hetero) is 2. The van der Waals surface area contributed by atoms with Gasteiger partial charge >= 0.3 is 0 Å². The maximum atomic E-state index is 13.8. The molecule has 3 aliphatic rings. The van der Waals surface area contributed by atoms with Crippen LogP contribution >= 0.6 is 0 Å². The molecule has 220 valence electrons. The Balaban J connectivity index is 1.58. The SMILES string of the molecule is COc1cccc(C/C=C\c2ccc(O)c3c2C[C@@H]2C[C@@H]4[C@@H](N(C)C)C(O)=C(C(N)=O)C(=O)[C@]4(O)C(O)=C2C3=O)c1O. The molecule has 0 saturated carbocycles. The fraction of sp³-hybridized carbons (Fsp3) is 0.323. The molecular weight excluding hydrogens is 544 g/mol. The molecule has 42 heavy (non-hydrogen) atoms. The first-order valence-electron chi connectivity index (χ1n) is 13.4. The summed E-state index contributed by atoms with van der Waals surface area (Å²) in [6.07, 6.45) is 4.08. The van der Waals surface area contributed by atoms with Crippen LogP contribution in [0, 0.1) is 11.8 Å². The molecule has 5 rings (SSSR count). The molecule has 0 radical (unpaired) electrons. The molecule has 2 aromatic rings. The number of hydrogen-bond acceptors (Lipinski definition) is 10. The standard InChI is InChI=1S/C31H32N2O9/c1-33(2)24-18-13-16-12-17-14(6-4-7-15-8-5-9-20(42-3)25(15)35)10-11-19(34)22(17)26(36)21(16)28(38)31(18,41)29(39)23(27(24)37)30(32)40/h4-6,8-11,16,18,24,34-35,37-38,41H,7,12-13H2,1-3H3,(H2,32,40)/b6-4-/t16-,18-,24-,31-/m1/s1. The first kappa shape index (κ1) is 28.9. The van der Waals surface area contributed by atoms with E-state index in [2.05, 4.69) is 0 Å². The third kappa shape index (κ3) is 4.15. The first-order chi connectivity index (χ1) is 19.8. The molecule has 0 saturated heterocycles. The van der Waals surface area contributed by atoms with Crippen LogP contribution in [-0.2, 0) is 22.4 Å². The average Bonchev–Trinajstić information content (AvgIpc) is 2.92. The number of ether oxygens (including phenoxy) is 1. The Bertz CT molecular complexity index is 1620. The maximum Gasteiger partial charge on any atom is 0.255 e. The van der Waals surface area contributed by atoms with Gasteiger partial charge in [0.2, 0.25) is 5.78 Å². The van der Waals surface area contributed by atoms with Crippen LogP contribution in [0.2, 0.25) is 0 Å². The molecule has 0 fully saturated rings. The summed E-state index contributed by atoms with van der Waals surface area (Å²) in [4.78, 5) is 40.8. The number of likely N-dealkylation sites (N-methyl/N-ethyl adjacent to an activating group) is 1. The molecular formula is C31H32N2O9. The summed E-state index contributed by atoms with van der Waals surface area (Å²) in [7, 11) is 4.61. The number of allylic oxidation sites excluding steroid dienone is 2. The predicted molar refractivity (Wildman–Crippen MR) is 151 cm³/mol. The van der Waals surface area contributed by atoms with Crippen molar-refractivity contribution in [2.75, 3.05) is 21.2 Å². The number of benzene rings is 2. The number of amides is 1. The van der Waals surface area contributed by atoms with Crippen molar-refractivity contribution in [3.05, 3.63) is 81.3 Å². The molecule has 11 nitrogen and oxygen atoms in total. The number of hydrogen-bond donors (Lipinski definition) is 6. The molecule has 3 aliphatic carbocycles. The van der Waals surface area contributed by atoms with E-state index in [0.717, 1.165) is 0 Å². The summed E-state index contributed by atoms with van der Waals surface area (Å²) < 4.78 is 5.16. The van der Waals surface area contributed by atoms with Crippen molar-refractivity contribution in [2.24, 2.45) is 17.6 Å². The Labute approximate surface area is 241 Å². The molecule has 0 unspecified atom stereocenters. The number of carbonyl (C=O) groups is 3. The molecule has 0 aliphatic heterocycles. The Morgan fingerprint density at radius 3 is 2.50 bits per heavy atom. The second-order valence-electron chi connectivity index (χ2n) is 11.1. The van der Waals surface area contributed by atoms with Gasteiger partial charge in [-0.25, -0.2) is 0 Å². The number of carbonyl (C=O) groups excluding carboxylic acids is 3. The van der Waals surface area contributed by atoms with Gasteiger partial charge in [0.15, 0.2) is 22.9 Å². The molecule has 0 bridgehead atoms. The fourth-order valence-electron chi connectivity index (χ4n) is 6.64. The number of phenols is 2. The van der Waals surface area contributed by atoms with Gasteiger partial charge < -0.3 is 36.0 Å². The summed E-state index contributed by atoms with van der Waals surface area (Å²) >= 11 is 0. The zero-order valence-electron chi connectivity index (χ0n) is 23.3. The van der Waals surface area contributed by atoms with Gasteiger partial charge in [0, 0.05) is 17.1 Å². The summed E-state index contributed by atoms with van der Waals surface area (Å²) in [5, 5.41) is 55.1. The Morgan fingerprint density at radius 2 is 1.86 bits per heavy atom. The van der Waals surface area contributed by atoms with E-state index < -0.39 is 58.0 Å². The highest BCUT2D eigenvalue weighted by Gasteiger charge is 2.63. The highest BCUT2D eigenvalue weighted by atomic mass is 16.5. The topological polar surface area (TPSA) is 191 Å². The molecule has 0 spiro atoms. The molecule has 7 N–H and O–H groups in total. The lowest BCUT2D eigenvalue weighted by atomic mass is 9.58. The van der Waals surface area contributed by atoms with Gasteiger partial charge in [0.25, 0.3) is 5.91 Å². The number of phenolic OH excluding ortho intramolecular Hbond substituents is 2. The highest BCUT2D eigenvalue weighted by Crippen LogP contribution is 2.52. The normalized spacial score (nSPS) is 25.5. The molecule has 11 heteroatoms. The van der Waals surface area contributed by atoms with Gasteiger partial charge in [-0.3, -0.25) is 19.3 Å². The summed E-state index contributed by atoms with van der Waals surface area (Å²) in [5.41, 5.74) is 3.31. The zero-order valence-corrected chi connectivity index (χ0v) is 23.3. The summed E-state index contributed by atoms with van der Waals surface area (Å²) in [6, 6.07) is 7.08. The third-order valence-corrected chi connectivity index (χ3v) is 8.58. The highest BCUT2D eigenvalue weighted by molar-refractivity contribution is 6.24. The van der Waals surface area contributed by atoms with E-state index in [1.165, 1.54) is 18.1 Å². The summed E-state index contributed by atoms with van der Waals surface area (Å²) in [6.45, 7) is 0. The first-order valence-corrected chi connectivity index (χ1v) is 13.4. The number of rotatable bonds is 6. The second-order valence-corrected chi connectivity index (χ2v) is 11.1. The lowest BCUT2D eigenvalue weighted by molar-refractivity contribution is -0.148. The number of aromatic hydroxyl groups is 2. The number of methoxy groups -OCH3 is 1. The lowest BCUT2D eigenvalue weighted by Crippen LogP contribution is -2.63. The van der Waals surface area contributed by atoms with Crippen molar-refractivity contribution in [3.8, 4) is 17.2 Å². The summed E-state index contributed by atoms with van der Waals surface area (Å²) in [5.74, 6) is -6.58. The van der Waals surface area contributed by atoms with Crippen LogP contribution in [0.1, 0.15) is 33.5 Å².